The Bertz CT molecular complexity index is 817. The Balaban J connectivity index is 0.00000240. The first kappa shape index (κ1) is 22.1. The van der Waals surface area contributed by atoms with Gasteiger partial charge in [-0.1, -0.05) is 24.3 Å². The minimum absolute atomic E-state index is 0. The van der Waals surface area contributed by atoms with Crippen LogP contribution in [0.3, 0.4) is 0 Å². The standard InChI is InChI=1S/C22H32N6.HI/c1-3-23-22(28-12-9-20(17-28)21-14-25-26(2)15-21)24-10-13-27-11-8-18-6-4-5-7-19(18)16-27;/h4-7,14-15,20H,3,8-13,16-17H2,1-2H3,(H,23,24);1H. The quantitative estimate of drug-likeness (QED) is 0.384. The smallest absolute Gasteiger partial charge is 0.193 e. The van der Waals surface area contributed by atoms with Gasteiger partial charge in [0.15, 0.2) is 5.96 Å². The van der Waals surface area contributed by atoms with Crippen LogP contribution in [0.15, 0.2) is 41.7 Å². The molecule has 7 heteroatoms. The highest BCUT2D eigenvalue weighted by Gasteiger charge is 2.27. The number of aryl methyl sites for hydroxylation is 1. The maximum absolute atomic E-state index is 4.95. The predicted molar refractivity (Wildman–Crippen MR) is 129 cm³/mol. The molecule has 6 nitrogen and oxygen atoms in total. The van der Waals surface area contributed by atoms with Crippen molar-refractivity contribution in [1.82, 2.24) is 24.9 Å². The fraction of sp³-hybridized carbons (Fsp3) is 0.545. The summed E-state index contributed by atoms with van der Waals surface area (Å²) in [6.45, 7) is 9.18. The highest BCUT2D eigenvalue weighted by molar-refractivity contribution is 14.0. The predicted octanol–water partition coefficient (Wildman–Crippen LogP) is 2.85. The molecule has 1 N–H and O–H groups in total. The van der Waals surface area contributed by atoms with Crippen LogP contribution in [0.5, 0.6) is 0 Å². The van der Waals surface area contributed by atoms with Crippen LogP contribution in [0, 0.1) is 0 Å². The highest BCUT2D eigenvalue weighted by Crippen LogP contribution is 2.26. The number of rotatable bonds is 5. The van der Waals surface area contributed by atoms with Crippen molar-refractivity contribution in [2.75, 3.05) is 39.3 Å². The fourth-order valence-electron chi connectivity index (χ4n) is 4.34. The van der Waals surface area contributed by atoms with Crippen LogP contribution in [0.1, 0.15) is 36.0 Å². The molecular formula is C22H33IN6. The Hall–Kier alpha value is -1.61. The third-order valence-electron chi connectivity index (χ3n) is 5.91. The number of nitrogens with one attached hydrogen (secondary N) is 1. The van der Waals surface area contributed by atoms with E-state index in [1.165, 1.54) is 23.1 Å². The summed E-state index contributed by atoms with van der Waals surface area (Å²) in [6, 6.07) is 8.82. The zero-order chi connectivity index (χ0) is 19.3. The summed E-state index contributed by atoms with van der Waals surface area (Å²) < 4.78 is 1.90. The minimum Gasteiger partial charge on any atom is -0.357 e. The molecule has 2 aliphatic heterocycles. The van der Waals surface area contributed by atoms with Crippen molar-refractivity contribution in [3.8, 4) is 0 Å². The summed E-state index contributed by atoms with van der Waals surface area (Å²) in [4.78, 5) is 9.88. The molecule has 158 valence electrons. The zero-order valence-corrected chi connectivity index (χ0v) is 19.9. The second-order valence-corrected chi connectivity index (χ2v) is 7.91. The monoisotopic (exact) mass is 508 g/mol. The molecule has 2 aromatic rings. The van der Waals surface area contributed by atoms with Gasteiger partial charge in [-0.15, -0.1) is 24.0 Å². The Morgan fingerprint density at radius 1 is 1.24 bits per heavy atom. The van der Waals surface area contributed by atoms with Crippen LogP contribution in [0.2, 0.25) is 0 Å². The van der Waals surface area contributed by atoms with E-state index in [4.69, 9.17) is 4.99 Å². The average molecular weight is 508 g/mol. The second kappa shape index (κ2) is 10.4. The van der Waals surface area contributed by atoms with Gasteiger partial charge in [0.25, 0.3) is 0 Å². The molecule has 1 atom stereocenters. The molecule has 0 spiro atoms. The summed E-state index contributed by atoms with van der Waals surface area (Å²) in [6.07, 6.45) is 6.47. The lowest BCUT2D eigenvalue weighted by atomic mass is 10.00. The Kier molecular flexibility index (Phi) is 7.94. The molecule has 1 aromatic heterocycles. The Labute approximate surface area is 191 Å². The topological polar surface area (TPSA) is 48.7 Å². The molecule has 0 aliphatic carbocycles. The number of likely N-dealkylation sites (tertiary alicyclic amines) is 1. The van der Waals surface area contributed by atoms with E-state index in [0.29, 0.717) is 5.92 Å². The van der Waals surface area contributed by atoms with Gasteiger partial charge in [-0.05, 0) is 36.5 Å². The van der Waals surface area contributed by atoms with Gasteiger partial charge in [0, 0.05) is 58.4 Å². The number of hydrogen-bond donors (Lipinski definition) is 1. The van der Waals surface area contributed by atoms with Gasteiger partial charge in [-0.3, -0.25) is 14.6 Å². The summed E-state index contributed by atoms with van der Waals surface area (Å²) in [5.74, 6) is 1.61. The van der Waals surface area contributed by atoms with Gasteiger partial charge in [0.05, 0.1) is 12.7 Å². The lowest BCUT2D eigenvalue weighted by Gasteiger charge is -2.28. The van der Waals surface area contributed by atoms with E-state index in [2.05, 4.69) is 57.6 Å². The molecule has 0 radical (unpaired) electrons. The number of aromatic nitrogens is 2. The lowest BCUT2D eigenvalue weighted by Crippen LogP contribution is -2.40. The average Bonchev–Trinajstić information content (AvgIpc) is 3.36. The van der Waals surface area contributed by atoms with Crippen molar-refractivity contribution in [2.45, 2.75) is 32.2 Å². The van der Waals surface area contributed by atoms with Crippen molar-refractivity contribution in [3.63, 3.8) is 0 Å². The highest BCUT2D eigenvalue weighted by atomic mass is 127. The van der Waals surface area contributed by atoms with E-state index in [1.807, 2.05) is 17.9 Å². The van der Waals surface area contributed by atoms with Crippen LogP contribution in [-0.4, -0.2) is 64.8 Å². The molecule has 4 rings (SSSR count). The van der Waals surface area contributed by atoms with Gasteiger partial charge >= 0.3 is 0 Å². The van der Waals surface area contributed by atoms with Crippen molar-refractivity contribution < 1.29 is 0 Å². The van der Waals surface area contributed by atoms with Crippen molar-refractivity contribution in [3.05, 3.63) is 53.3 Å². The third-order valence-corrected chi connectivity index (χ3v) is 5.91. The molecule has 1 aromatic carbocycles. The van der Waals surface area contributed by atoms with Gasteiger partial charge in [-0.2, -0.15) is 5.10 Å². The first-order chi connectivity index (χ1) is 13.7. The zero-order valence-electron chi connectivity index (χ0n) is 17.5. The summed E-state index contributed by atoms with van der Waals surface area (Å²) in [5, 5.41) is 7.82. The number of guanidine groups is 1. The van der Waals surface area contributed by atoms with E-state index in [-0.39, 0.29) is 24.0 Å². The van der Waals surface area contributed by atoms with Crippen LogP contribution in [-0.2, 0) is 20.0 Å². The van der Waals surface area contributed by atoms with Crippen LogP contribution in [0.4, 0.5) is 0 Å². The van der Waals surface area contributed by atoms with Crippen molar-refractivity contribution >= 4 is 29.9 Å². The molecule has 1 saturated heterocycles. The minimum atomic E-state index is 0. The second-order valence-electron chi connectivity index (χ2n) is 7.91. The Morgan fingerprint density at radius 3 is 2.83 bits per heavy atom. The van der Waals surface area contributed by atoms with Crippen molar-refractivity contribution in [1.29, 1.82) is 0 Å². The number of benzene rings is 1. The molecular weight excluding hydrogens is 475 g/mol. The lowest BCUT2D eigenvalue weighted by molar-refractivity contribution is 0.261. The number of nitrogens with zero attached hydrogens (tertiary/aromatic N) is 5. The molecule has 0 saturated carbocycles. The molecule has 0 amide bonds. The maximum atomic E-state index is 4.95. The Morgan fingerprint density at radius 2 is 2.07 bits per heavy atom. The van der Waals surface area contributed by atoms with E-state index in [1.54, 1.807) is 0 Å². The van der Waals surface area contributed by atoms with Gasteiger partial charge < -0.3 is 10.2 Å². The van der Waals surface area contributed by atoms with E-state index in [9.17, 15) is 0 Å². The molecule has 29 heavy (non-hydrogen) atoms. The molecule has 1 unspecified atom stereocenters. The third kappa shape index (κ3) is 5.51. The van der Waals surface area contributed by atoms with Crippen LogP contribution in [0.25, 0.3) is 0 Å². The molecule has 0 bridgehead atoms. The summed E-state index contributed by atoms with van der Waals surface area (Å²) in [7, 11) is 1.99. The number of fused-ring (bicyclic) bond motifs is 1. The number of hydrogen-bond acceptors (Lipinski definition) is 3. The van der Waals surface area contributed by atoms with Gasteiger partial charge in [-0.25, -0.2) is 0 Å². The van der Waals surface area contributed by atoms with Crippen LogP contribution >= 0.6 is 24.0 Å². The van der Waals surface area contributed by atoms with Crippen LogP contribution < -0.4 is 5.32 Å². The van der Waals surface area contributed by atoms with E-state index < -0.39 is 0 Å². The first-order valence-corrected chi connectivity index (χ1v) is 10.5. The maximum Gasteiger partial charge on any atom is 0.193 e. The normalized spacial score (nSPS) is 19.7. The van der Waals surface area contributed by atoms with E-state index in [0.717, 1.165) is 58.2 Å². The van der Waals surface area contributed by atoms with Gasteiger partial charge in [0.2, 0.25) is 0 Å². The molecule has 1 fully saturated rings. The summed E-state index contributed by atoms with van der Waals surface area (Å²) >= 11 is 0. The van der Waals surface area contributed by atoms with Crippen molar-refractivity contribution in [2.24, 2.45) is 12.0 Å². The fourth-order valence-corrected chi connectivity index (χ4v) is 4.34. The SMILES string of the molecule is CCNC(=NCCN1CCc2ccccc2C1)N1CCC(c2cnn(C)c2)C1.I. The largest absolute Gasteiger partial charge is 0.357 e. The molecule has 2 aliphatic rings. The number of aliphatic imine (C=N–C) groups is 1. The van der Waals surface area contributed by atoms with Gasteiger partial charge in [0.1, 0.15) is 0 Å². The molecule has 3 heterocycles. The summed E-state index contributed by atoms with van der Waals surface area (Å²) in [5.41, 5.74) is 4.32. The van der Waals surface area contributed by atoms with E-state index >= 15 is 0 Å². The first-order valence-electron chi connectivity index (χ1n) is 10.5. The number of halogens is 1.